The Kier molecular flexibility index (Phi) is 4.50. The highest BCUT2D eigenvalue weighted by Crippen LogP contribution is 2.26. The maximum Gasteiger partial charge on any atom is 0.123 e. The molecule has 1 N–H and O–H groups in total. The molecule has 1 unspecified atom stereocenters. The molecule has 1 heterocycles. The summed E-state index contributed by atoms with van der Waals surface area (Å²) in [7, 11) is 0. The molecule has 0 aliphatic carbocycles. The van der Waals surface area contributed by atoms with Crippen molar-refractivity contribution in [3.63, 3.8) is 0 Å². The predicted molar refractivity (Wildman–Crippen MR) is 80.4 cm³/mol. The van der Waals surface area contributed by atoms with Gasteiger partial charge in [-0.2, -0.15) is 0 Å². The normalized spacial score (nSPS) is 12.4. The molecule has 0 amide bonds. The van der Waals surface area contributed by atoms with E-state index in [2.05, 4.69) is 30.2 Å². The van der Waals surface area contributed by atoms with Gasteiger partial charge in [-0.1, -0.05) is 19.1 Å². The molecule has 0 bridgehead atoms. The zero-order chi connectivity index (χ0) is 14.7. The van der Waals surface area contributed by atoms with Crippen molar-refractivity contribution in [1.29, 1.82) is 0 Å². The second-order valence-electron chi connectivity index (χ2n) is 5.21. The van der Waals surface area contributed by atoms with E-state index in [0.717, 1.165) is 34.5 Å². The molecule has 2 rings (SSSR count). The number of pyridine rings is 1. The first-order valence-electron chi connectivity index (χ1n) is 6.95. The molecule has 20 heavy (non-hydrogen) atoms. The van der Waals surface area contributed by atoms with E-state index in [1.54, 1.807) is 6.07 Å². The molecule has 3 heteroatoms. The fourth-order valence-electron chi connectivity index (χ4n) is 2.55. The van der Waals surface area contributed by atoms with Crippen LogP contribution >= 0.6 is 0 Å². The molecule has 0 fully saturated rings. The first-order chi connectivity index (χ1) is 9.52. The lowest BCUT2D eigenvalue weighted by atomic mass is 9.95. The predicted octanol–water partition coefficient (Wildman–Crippen LogP) is 3.84. The van der Waals surface area contributed by atoms with Gasteiger partial charge in [0.25, 0.3) is 0 Å². The van der Waals surface area contributed by atoms with Gasteiger partial charge in [-0.15, -0.1) is 0 Å². The van der Waals surface area contributed by atoms with Crippen LogP contribution in [0.5, 0.6) is 0 Å². The number of hydrogen-bond acceptors (Lipinski definition) is 2. The molecular formula is C17H21FN2. The molecule has 2 nitrogen and oxygen atoms in total. The van der Waals surface area contributed by atoms with Crippen LogP contribution in [0.25, 0.3) is 0 Å². The van der Waals surface area contributed by atoms with Crippen LogP contribution in [-0.2, 0) is 0 Å². The second kappa shape index (κ2) is 6.14. The van der Waals surface area contributed by atoms with Gasteiger partial charge in [-0.05, 0) is 61.7 Å². The smallest absolute Gasteiger partial charge is 0.123 e. The maximum atomic E-state index is 13.3. The summed E-state index contributed by atoms with van der Waals surface area (Å²) >= 11 is 0. The number of halogens is 1. The molecule has 0 aliphatic rings. The lowest BCUT2D eigenvalue weighted by Gasteiger charge is -2.22. The molecule has 106 valence electrons. The Hall–Kier alpha value is -1.74. The van der Waals surface area contributed by atoms with Crippen LogP contribution in [0.15, 0.2) is 30.5 Å². The first-order valence-corrected chi connectivity index (χ1v) is 6.95. The van der Waals surface area contributed by atoms with E-state index in [4.69, 9.17) is 0 Å². The summed E-state index contributed by atoms with van der Waals surface area (Å²) in [5, 5.41) is 3.45. The lowest BCUT2D eigenvalue weighted by molar-refractivity contribution is 0.599. The Morgan fingerprint density at radius 1 is 1.15 bits per heavy atom. The second-order valence-corrected chi connectivity index (χ2v) is 5.21. The van der Waals surface area contributed by atoms with Crippen molar-refractivity contribution in [2.75, 3.05) is 6.54 Å². The Morgan fingerprint density at radius 2 is 1.90 bits per heavy atom. The minimum absolute atomic E-state index is 0.00111. The summed E-state index contributed by atoms with van der Waals surface area (Å²) in [5.41, 5.74) is 5.33. The quantitative estimate of drug-likeness (QED) is 0.914. The number of aryl methyl sites for hydroxylation is 3. The van der Waals surface area contributed by atoms with Gasteiger partial charge in [0.05, 0.1) is 11.7 Å². The third kappa shape index (κ3) is 3.05. The Bertz CT molecular complexity index is 556. The molecule has 1 aromatic heterocycles. The number of rotatable bonds is 4. The van der Waals surface area contributed by atoms with Crippen molar-refractivity contribution in [3.8, 4) is 0 Å². The minimum Gasteiger partial charge on any atom is -0.305 e. The van der Waals surface area contributed by atoms with Crippen molar-refractivity contribution in [1.82, 2.24) is 10.3 Å². The Balaban J connectivity index is 2.50. The van der Waals surface area contributed by atoms with Gasteiger partial charge in [-0.3, -0.25) is 4.98 Å². The summed E-state index contributed by atoms with van der Waals surface area (Å²) in [6, 6.07) is 7.06. The van der Waals surface area contributed by atoms with Gasteiger partial charge in [-0.25, -0.2) is 4.39 Å². The van der Waals surface area contributed by atoms with E-state index in [-0.39, 0.29) is 11.9 Å². The van der Waals surface area contributed by atoms with E-state index >= 15 is 0 Å². The molecule has 0 spiro atoms. The highest BCUT2D eigenvalue weighted by Gasteiger charge is 2.18. The maximum absolute atomic E-state index is 13.3. The van der Waals surface area contributed by atoms with Crippen molar-refractivity contribution in [3.05, 3.63) is 64.2 Å². The van der Waals surface area contributed by atoms with E-state index in [1.165, 1.54) is 6.07 Å². The first kappa shape index (κ1) is 14.7. The van der Waals surface area contributed by atoms with Crippen molar-refractivity contribution >= 4 is 0 Å². The standard InChI is InChI=1S/C17H21FN2/c1-5-19-17(15-7-6-14(18)9-12(15)3)16-13(4)8-11(2)10-20-16/h6-10,17,19H,5H2,1-4H3. The molecule has 0 saturated heterocycles. The Morgan fingerprint density at radius 3 is 2.50 bits per heavy atom. The SMILES string of the molecule is CCNC(c1ccc(F)cc1C)c1ncc(C)cc1C. The third-order valence-electron chi connectivity index (χ3n) is 3.48. The average Bonchev–Trinajstić information content (AvgIpc) is 2.37. The highest BCUT2D eigenvalue weighted by molar-refractivity contribution is 5.38. The summed E-state index contributed by atoms with van der Waals surface area (Å²) < 4.78 is 13.3. The summed E-state index contributed by atoms with van der Waals surface area (Å²) in [6.45, 7) is 8.94. The largest absolute Gasteiger partial charge is 0.305 e. The monoisotopic (exact) mass is 272 g/mol. The van der Waals surface area contributed by atoms with Crippen LogP contribution in [0.4, 0.5) is 4.39 Å². The fourth-order valence-corrected chi connectivity index (χ4v) is 2.55. The van der Waals surface area contributed by atoms with Crippen LogP contribution in [0.2, 0.25) is 0 Å². The average molecular weight is 272 g/mol. The van der Waals surface area contributed by atoms with E-state index in [9.17, 15) is 4.39 Å². The highest BCUT2D eigenvalue weighted by atomic mass is 19.1. The van der Waals surface area contributed by atoms with Crippen molar-refractivity contribution in [2.45, 2.75) is 33.7 Å². The summed E-state index contributed by atoms with van der Waals surface area (Å²) in [5.74, 6) is -0.199. The van der Waals surface area contributed by atoms with Gasteiger partial charge >= 0.3 is 0 Å². The molecular weight excluding hydrogens is 251 g/mol. The number of aromatic nitrogens is 1. The van der Waals surface area contributed by atoms with Crippen molar-refractivity contribution in [2.24, 2.45) is 0 Å². The minimum atomic E-state index is -0.199. The van der Waals surface area contributed by atoms with Gasteiger partial charge in [0.1, 0.15) is 5.82 Å². The van der Waals surface area contributed by atoms with Gasteiger partial charge in [0.2, 0.25) is 0 Å². The molecule has 1 atom stereocenters. The van der Waals surface area contributed by atoms with E-state index < -0.39 is 0 Å². The number of nitrogens with one attached hydrogen (secondary N) is 1. The van der Waals surface area contributed by atoms with Crippen LogP contribution in [0.1, 0.15) is 40.9 Å². The molecule has 0 saturated carbocycles. The molecule has 0 aliphatic heterocycles. The molecule has 0 radical (unpaired) electrons. The van der Waals surface area contributed by atoms with E-state index in [0.29, 0.717) is 0 Å². The zero-order valence-electron chi connectivity index (χ0n) is 12.5. The third-order valence-corrected chi connectivity index (χ3v) is 3.48. The number of nitrogens with zero attached hydrogens (tertiary/aromatic N) is 1. The topological polar surface area (TPSA) is 24.9 Å². The zero-order valence-corrected chi connectivity index (χ0v) is 12.5. The molecule has 2 aromatic rings. The van der Waals surface area contributed by atoms with E-state index in [1.807, 2.05) is 26.1 Å². The lowest BCUT2D eigenvalue weighted by Crippen LogP contribution is -2.24. The summed E-state index contributed by atoms with van der Waals surface area (Å²) in [4.78, 5) is 4.58. The van der Waals surface area contributed by atoms with Crippen LogP contribution in [0.3, 0.4) is 0 Å². The summed E-state index contributed by atoms with van der Waals surface area (Å²) in [6.07, 6.45) is 1.88. The molecule has 1 aromatic carbocycles. The van der Waals surface area contributed by atoms with Gasteiger partial charge in [0, 0.05) is 6.20 Å². The van der Waals surface area contributed by atoms with Crippen molar-refractivity contribution < 1.29 is 4.39 Å². The van der Waals surface area contributed by atoms with Gasteiger partial charge < -0.3 is 5.32 Å². The van der Waals surface area contributed by atoms with Gasteiger partial charge in [0.15, 0.2) is 0 Å². The van der Waals surface area contributed by atoms with Crippen LogP contribution < -0.4 is 5.32 Å². The fraction of sp³-hybridized carbons (Fsp3) is 0.353. The van der Waals surface area contributed by atoms with Crippen LogP contribution in [0, 0.1) is 26.6 Å². The number of benzene rings is 1. The Labute approximate surface area is 120 Å². The van der Waals surface area contributed by atoms with Crippen LogP contribution in [-0.4, -0.2) is 11.5 Å². The number of hydrogen-bond donors (Lipinski definition) is 1.